The van der Waals surface area contributed by atoms with E-state index < -0.39 is 0 Å². The van der Waals surface area contributed by atoms with E-state index in [4.69, 9.17) is 0 Å². The van der Waals surface area contributed by atoms with E-state index in [0.717, 1.165) is 12.0 Å². The Labute approximate surface area is 108 Å². The molecule has 1 rings (SSSR count). The first-order valence-corrected chi connectivity index (χ1v) is 7.49. The van der Waals surface area contributed by atoms with Gasteiger partial charge >= 0.3 is 0 Å². The van der Waals surface area contributed by atoms with E-state index in [1.54, 1.807) is 0 Å². The smallest absolute Gasteiger partial charge is 0.0209 e. The maximum atomic E-state index is 3.80. The minimum Gasteiger partial charge on any atom is -0.310 e. The molecule has 102 valence electrons. The Bertz CT molecular complexity index is 201. The van der Waals surface area contributed by atoms with Crippen molar-refractivity contribution in [1.82, 2.24) is 10.2 Å². The first kappa shape index (κ1) is 15.0. The van der Waals surface area contributed by atoms with E-state index >= 15 is 0 Å². The van der Waals surface area contributed by atoms with Crippen molar-refractivity contribution in [3.8, 4) is 0 Å². The lowest BCUT2D eigenvalue weighted by Gasteiger charge is -2.22. The maximum absolute atomic E-state index is 3.80. The Hall–Kier alpha value is -0.0800. The molecule has 0 radical (unpaired) electrons. The fourth-order valence-electron chi connectivity index (χ4n) is 2.71. The van der Waals surface area contributed by atoms with Crippen molar-refractivity contribution < 1.29 is 0 Å². The molecule has 1 heterocycles. The Kier molecular flexibility index (Phi) is 6.50. The summed E-state index contributed by atoms with van der Waals surface area (Å²) in [6, 6.07) is 2.12. The molecule has 1 N–H and O–H groups in total. The van der Waals surface area contributed by atoms with Gasteiger partial charge < -0.3 is 5.32 Å². The van der Waals surface area contributed by atoms with Gasteiger partial charge in [-0.25, -0.2) is 0 Å². The Morgan fingerprint density at radius 1 is 1.12 bits per heavy atom. The summed E-state index contributed by atoms with van der Waals surface area (Å²) in [6.07, 6.45) is 5.39. The zero-order chi connectivity index (χ0) is 12.8. The predicted molar refractivity (Wildman–Crippen MR) is 76.4 cm³/mol. The molecule has 0 aromatic rings. The van der Waals surface area contributed by atoms with Crippen molar-refractivity contribution in [3.05, 3.63) is 0 Å². The van der Waals surface area contributed by atoms with Crippen molar-refractivity contribution >= 4 is 0 Å². The topological polar surface area (TPSA) is 15.3 Å². The van der Waals surface area contributed by atoms with Crippen molar-refractivity contribution in [2.24, 2.45) is 5.92 Å². The maximum Gasteiger partial charge on any atom is 0.0209 e. The van der Waals surface area contributed by atoms with Gasteiger partial charge in [0, 0.05) is 24.7 Å². The lowest BCUT2D eigenvalue weighted by molar-refractivity contribution is 0.265. The number of hydrogen-bond donors (Lipinski definition) is 1. The summed E-state index contributed by atoms with van der Waals surface area (Å²) in [5.41, 5.74) is 0. The third kappa shape index (κ3) is 5.87. The van der Waals surface area contributed by atoms with Gasteiger partial charge in [-0.2, -0.15) is 0 Å². The Morgan fingerprint density at radius 3 is 2.35 bits per heavy atom. The molecule has 0 aliphatic carbocycles. The largest absolute Gasteiger partial charge is 0.310 e. The molecule has 1 aliphatic rings. The van der Waals surface area contributed by atoms with Crippen LogP contribution in [-0.4, -0.2) is 36.1 Å². The van der Waals surface area contributed by atoms with E-state index in [1.165, 1.54) is 38.8 Å². The van der Waals surface area contributed by atoms with E-state index in [1.807, 2.05) is 0 Å². The van der Waals surface area contributed by atoms with Crippen molar-refractivity contribution in [2.45, 2.75) is 78.4 Å². The highest BCUT2D eigenvalue weighted by Crippen LogP contribution is 2.14. The van der Waals surface area contributed by atoms with Crippen LogP contribution in [-0.2, 0) is 0 Å². The lowest BCUT2D eigenvalue weighted by atomic mass is 10.0. The Morgan fingerprint density at radius 2 is 1.82 bits per heavy atom. The molecule has 0 spiro atoms. The minimum absolute atomic E-state index is 0.686. The summed E-state index contributed by atoms with van der Waals surface area (Å²) < 4.78 is 0. The monoisotopic (exact) mass is 240 g/mol. The highest BCUT2D eigenvalue weighted by molar-refractivity contribution is 4.84. The van der Waals surface area contributed by atoms with Crippen molar-refractivity contribution in [2.75, 3.05) is 13.1 Å². The SMILES string of the molecule is CC(C)CCCC(C)NC1CCN(C(C)C)C1. The zero-order valence-corrected chi connectivity index (χ0v) is 12.5. The molecule has 2 heteroatoms. The summed E-state index contributed by atoms with van der Waals surface area (Å²) in [4.78, 5) is 2.58. The molecule has 0 amide bonds. The molecule has 2 atom stereocenters. The molecule has 0 aromatic heterocycles. The summed E-state index contributed by atoms with van der Waals surface area (Å²) in [5, 5.41) is 3.80. The van der Waals surface area contributed by atoms with Crippen LogP contribution in [0, 0.1) is 5.92 Å². The predicted octanol–water partition coefficient (Wildman–Crippen LogP) is 3.27. The number of hydrogen-bond acceptors (Lipinski definition) is 2. The number of nitrogens with one attached hydrogen (secondary N) is 1. The van der Waals surface area contributed by atoms with Crippen LogP contribution in [0.4, 0.5) is 0 Å². The standard InChI is InChI=1S/C15H32N2/c1-12(2)7-6-8-14(5)16-15-9-10-17(11-15)13(3)4/h12-16H,6-11H2,1-5H3. The van der Waals surface area contributed by atoms with Gasteiger partial charge in [0.15, 0.2) is 0 Å². The molecule has 17 heavy (non-hydrogen) atoms. The molecule has 2 nitrogen and oxygen atoms in total. The minimum atomic E-state index is 0.686. The van der Waals surface area contributed by atoms with E-state index in [-0.39, 0.29) is 0 Å². The van der Waals surface area contributed by atoms with E-state index in [2.05, 4.69) is 44.8 Å². The highest BCUT2D eigenvalue weighted by Gasteiger charge is 2.24. The van der Waals surface area contributed by atoms with Gasteiger partial charge in [0.1, 0.15) is 0 Å². The third-order valence-corrected chi connectivity index (χ3v) is 3.89. The molecule has 2 unspecified atom stereocenters. The second-order valence-electron chi connectivity index (χ2n) is 6.47. The first-order chi connectivity index (χ1) is 7.99. The third-order valence-electron chi connectivity index (χ3n) is 3.89. The van der Waals surface area contributed by atoms with Crippen LogP contribution in [0.1, 0.15) is 60.3 Å². The van der Waals surface area contributed by atoms with E-state index in [9.17, 15) is 0 Å². The van der Waals surface area contributed by atoms with Gasteiger partial charge in [0.2, 0.25) is 0 Å². The summed E-state index contributed by atoms with van der Waals surface area (Å²) in [7, 11) is 0. The van der Waals surface area contributed by atoms with Crippen molar-refractivity contribution in [3.63, 3.8) is 0 Å². The van der Waals surface area contributed by atoms with Crippen LogP contribution < -0.4 is 5.32 Å². The van der Waals surface area contributed by atoms with Crippen LogP contribution in [0.15, 0.2) is 0 Å². The van der Waals surface area contributed by atoms with Crippen LogP contribution in [0.5, 0.6) is 0 Å². The van der Waals surface area contributed by atoms with Crippen LogP contribution >= 0.6 is 0 Å². The van der Waals surface area contributed by atoms with Gasteiger partial charge in [0.25, 0.3) is 0 Å². The second kappa shape index (κ2) is 7.38. The zero-order valence-electron chi connectivity index (χ0n) is 12.5. The molecule has 0 saturated carbocycles. The fourth-order valence-corrected chi connectivity index (χ4v) is 2.71. The van der Waals surface area contributed by atoms with Gasteiger partial charge in [-0.3, -0.25) is 4.90 Å². The molecule has 0 aromatic carbocycles. The molecule has 1 aliphatic heterocycles. The first-order valence-electron chi connectivity index (χ1n) is 7.49. The summed E-state index contributed by atoms with van der Waals surface area (Å²) in [6.45, 7) is 14.1. The molecular formula is C15H32N2. The fraction of sp³-hybridized carbons (Fsp3) is 1.00. The summed E-state index contributed by atoms with van der Waals surface area (Å²) in [5.74, 6) is 0.852. The van der Waals surface area contributed by atoms with Gasteiger partial charge in [-0.15, -0.1) is 0 Å². The number of nitrogens with zero attached hydrogens (tertiary/aromatic N) is 1. The van der Waals surface area contributed by atoms with Crippen LogP contribution in [0.25, 0.3) is 0 Å². The van der Waals surface area contributed by atoms with Crippen molar-refractivity contribution in [1.29, 1.82) is 0 Å². The average Bonchev–Trinajstić information content (AvgIpc) is 2.65. The lowest BCUT2D eigenvalue weighted by Crippen LogP contribution is -2.39. The number of rotatable bonds is 7. The Balaban J connectivity index is 2.13. The van der Waals surface area contributed by atoms with Crippen LogP contribution in [0.2, 0.25) is 0 Å². The molecular weight excluding hydrogens is 208 g/mol. The normalized spacial score (nSPS) is 23.8. The van der Waals surface area contributed by atoms with E-state index in [0.29, 0.717) is 12.1 Å². The highest BCUT2D eigenvalue weighted by atomic mass is 15.2. The van der Waals surface area contributed by atoms with Gasteiger partial charge in [0.05, 0.1) is 0 Å². The van der Waals surface area contributed by atoms with Crippen LogP contribution in [0.3, 0.4) is 0 Å². The molecule has 1 fully saturated rings. The molecule has 0 bridgehead atoms. The van der Waals surface area contributed by atoms with Gasteiger partial charge in [-0.1, -0.05) is 26.7 Å². The molecule has 1 saturated heterocycles. The summed E-state index contributed by atoms with van der Waals surface area (Å²) >= 11 is 0. The van der Waals surface area contributed by atoms with Gasteiger partial charge in [-0.05, 0) is 46.1 Å². The second-order valence-corrected chi connectivity index (χ2v) is 6.47. The average molecular weight is 240 g/mol. The quantitative estimate of drug-likeness (QED) is 0.735. The number of likely N-dealkylation sites (tertiary alicyclic amines) is 1.